The Hall–Kier alpha value is -4.22. The number of hydrogen-bond donors (Lipinski definition) is 3. The second kappa shape index (κ2) is 12.1. The number of benzene rings is 3. The summed E-state index contributed by atoms with van der Waals surface area (Å²) in [5.41, 5.74) is 5.09. The standard InChI is InChI=1S/C36H41N3O7S/c1-6-37-29-17-31-27(15-21(29)2)33(24-9-7-8-10-25(24)35(42)43)28-16-26-23(19-36(3,4)38(5)30(26)18-32(28)46-31)20-47(44,45)39-13-11-22(12-14-39)34(40)41/h7-10,15-18,22-23H,6,11-14,19-20H2,1-5H3,(H,40,41)(H,42,43)/p+1. The van der Waals surface area contributed by atoms with E-state index in [0.717, 1.165) is 39.8 Å². The molecule has 3 heterocycles. The lowest BCUT2D eigenvalue weighted by Crippen LogP contribution is -2.76. The minimum absolute atomic E-state index is 0.114. The fraction of sp³-hybridized carbons (Fsp3) is 0.417. The van der Waals surface area contributed by atoms with Crippen LogP contribution in [0.5, 0.6) is 0 Å². The normalized spacial score (nSPS) is 19.3. The molecule has 0 amide bonds. The molecule has 4 aliphatic rings. The van der Waals surface area contributed by atoms with E-state index in [-0.39, 0.29) is 35.9 Å². The number of carboxylic acid groups (broad SMARTS) is 2. The number of rotatable bonds is 7. The molecular formula is C36H42N3O7S+. The second-order valence-corrected chi connectivity index (χ2v) is 15.5. The molecule has 2 aromatic carbocycles. The predicted molar refractivity (Wildman–Crippen MR) is 180 cm³/mol. The van der Waals surface area contributed by atoms with Gasteiger partial charge >= 0.3 is 11.9 Å². The summed E-state index contributed by atoms with van der Waals surface area (Å²) >= 11 is 0. The summed E-state index contributed by atoms with van der Waals surface area (Å²) in [6.45, 7) is 9.31. The van der Waals surface area contributed by atoms with Gasteiger partial charge in [-0.1, -0.05) is 18.2 Å². The van der Waals surface area contributed by atoms with Crippen LogP contribution < -0.4 is 15.2 Å². The topological polar surface area (TPSA) is 142 Å². The Bertz CT molecular complexity index is 2040. The Kier molecular flexibility index (Phi) is 8.42. The molecule has 0 radical (unpaired) electrons. The second-order valence-electron chi connectivity index (χ2n) is 13.5. The van der Waals surface area contributed by atoms with E-state index in [1.54, 1.807) is 12.1 Å². The molecule has 1 fully saturated rings. The lowest BCUT2D eigenvalue weighted by Gasteiger charge is -2.46. The number of sulfonamides is 1. The molecule has 0 bridgehead atoms. The monoisotopic (exact) mass is 660 g/mol. The van der Waals surface area contributed by atoms with Crippen LogP contribution in [0.2, 0.25) is 0 Å². The van der Waals surface area contributed by atoms with E-state index in [1.807, 2.05) is 57.3 Å². The van der Waals surface area contributed by atoms with Crippen molar-refractivity contribution in [3.8, 4) is 22.5 Å². The molecule has 1 aliphatic carbocycles. The van der Waals surface area contributed by atoms with E-state index in [4.69, 9.17) is 4.42 Å². The van der Waals surface area contributed by atoms with Gasteiger partial charge in [-0.3, -0.25) is 4.79 Å². The van der Waals surface area contributed by atoms with Crippen LogP contribution in [-0.2, 0) is 14.8 Å². The van der Waals surface area contributed by atoms with Gasteiger partial charge in [0.25, 0.3) is 0 Å². The minimum atomic E-state index is -3.71. The SMILES string of the molecule is CC[NH+]=c1cc2oc3cc4c(cc3c(-c3ccccc3C(=O)O)c-2cc1C)C(CS(=O)(=O)N1CCC(C(=O)O)CC1)CC(C)(C)N4C. The smallest absolute Gasteiger partial charge is 0.336 e. The average Bonchev–Trinajstić information content (AvgIpc) is 3.02. The van der Waals surface area contributed by atoms with Crippen LogP contribution in [0.1, 0.15) is 67.4 Å². The zero-order chi connectivity index (χ0) is 33.8. The fourth-order valence-electron chi connectivity index (χ4n) is 7.34. The number of aryl methyl sites for hydroxylation is 1. The molecule has 6 rings (SSSR count). The molecule has 0 aromatic heterocycles. The van der Waals surface area contributed by atoms with Crippen molar-refractivity contribution in [1.29, 1.82) is 0 Å². The third kappa shape index (κ3) is 5.91. The van der Waals surface area contributed by atoms with Crippen molar-refractivity contribution in [1.82, 2.24) is 4.31 Å². The lowest BCUT2D eigenvalue weighted by atomic mass is 9.79. The summed E-state index contributed by atoms with van der Waals surface area (Å²) < 4.78 is 35.8. The molecule has 47 heavy (non-hydrogen) atoms. The number of carboxylic acids is 2. The summed E-state index contributed by atoms with van der Waals surface area (Å²) in [6.07, 6.45) is 1.17. The van der Waals surface area contributed by atoms with Gasteiger partial charge in [0.2, 0.25) is 15.4 Å². The summed E-state index contributed by atoms with van der Waals surface area (Å²) in [5.74, 6) is -2.32. The van der Waals surface area contributed by atoms with Crippen molar-refractivity contribution in [3.05, 3.63) is 70.6 Å². The number of nitrogens with one attached hydrogen (secondary N) is 1. The van der Waals surface area contributed by atoms with E-state index in [2.05, 4.69) is 23.7 Å². The van der Waals surface area contributed by atoms with E-state index < -0.39 is 27.9 Å². The Morgan fingerprint density at radius 3 is 2.40 bits per heavy atom. The van der Waals surface area contributed by atoms with Crippen LogP contribution >= 0.6 is 0 Å². The zero-order valence-corrected chi connectivity index (χ0v) is 28.3. The number of aromatic carboxylic acids is 1. The van der Waals surface area contributed by atoms with Crippen molar-refractivity contribution in [2.24, 2.45) is 5.92 Å². The van der Waals surface area contributed by atoms with E-state index in [0.29, 0.717) is 41.6 Å². The van der Waals surface area contributed by atoms with Crippen molar-refractivity contribution >= 4 is 38.6 Å². The van der Waals surface area contributed by atoms with Gasteiger partial charge in [-0.2, -0.15) is 0 Å². The van der Waals surface area contributed by atoms with Crippen LogP contribution in [0.3, 0.4) is 0 Å². The third-order valence-electron chi connectivity index (χ3n) is 10.1. The highest BCUT2D eigenvalue weighted by atomic mass is 32.2. The maximum Gasteiger partial charge on any atom is 0.336 e. The third-order valence-corrected chi connectivity index (χ3v) is 12.0. The van der Waals surface area contributed by atoms with Crippen molar-refractivity contribution < 1.29 is 37.6 Å². The first kappa shape index (κ1) is 32.7. The molecule has 0 spiro atoms. The molecule has 248 valence electrons. The average molecular weight is 661 g/mol. The molecule has 11 heteroatoms. The summed E-state index contributed by atoms with van der Waals surface area (Å²) in [4.78, 5) is 29.5. The van der Waals surface area contributed by atoms with Gasteiger partial charge in [-0.25, -0.2) is 22.5 Å². The first-order chi connectivity index (χ1) is 22.2. The van der Waals surface area contributed by atoms with Crippen molar-refractivity contribution in [3.63, 3.8) is 0 Å². The van der Waals surface area contributed by atoms with E-state index in [9.17, 15) is 28.2 Å². The van der Waals surface area contributed by atoms with Crippen LogP contribution in [0.4, 0.5) is 5.69 Å². The van der Waals surface area contributed by atoms with Crippen molar-refractivity contribution in [2.45, 2.75) is 58.4 Å². The first-order valence-electron chi connectivity index (χ1n) is 16.1. The molecule has 3 aliphatic heterocycles. The number of fused-ring (bicyclic) bond motifs is 3. The molecule has 1 unspecified atom stereocenters. The number of aliphatic carboxylic acids is 1. The van der Waals surface area contributed by atoms with E-state index >= 15 is 0 Å². The fourth-order valence-corrected chi connectivity index (χ4v) is 9.12. The Morgan fingerprint density at radius 1 is 1.04 bits per heavy atom. The number of hydrogen-bond acceptors (Lipinski definition) is 6. The summed E-state index contributed by atoms with van der Waals surface area (Å²) in [7, 11) is -1.71. The Balaban J connectivity index is 1.58. The number of nitrogens with zero attached hydrogens (tertiary/aromatic N) is 2. The Morgan fingerprint density at radius 2 is 1.74 bits per heavy atom. The van der Waals surface area contributed by atoms with Gasteiger partial charge in [0, 0.05) is 65.4 Å². The summed E-state index contributed by atoms with van der Waals surface area (Å²) in [5, 5.41) is 21.3. The zero-order valence-electron chi connectivity index (χ0n) is 27.5. The van der Waals surface area contributed by atoms with Gasteiger partial charge in [-0.05, 0) is 76.3 Å². The van der Waals surface area contributed by atoms with E-state index in [1.165, 1.54) is 4.31 Å². The van der Waals surface area contributed by atoms with Gasteiger partial charge < -0.3 is 19.5 Å². The molecule has 2 aromatic rings. The first-order valence-corrected chi connectivity index (χ1v) is 17.7. The summed E-state index contributed by atoms with van der Waals surface area (Å²) in [6, 6.07) is 14.9. The van der Waals surface area contributed by atoms with Crippen LogP contribution in [-0.4, -0.2) is 72.8 Å². The number of carbonyl (C=O) groups is 2. The quantitative estimate of drug-likeness (QED) is 0.252. The number of piperidine rings is 1. The van der Waals surface area contributed by atoms with Gasteiger partial charge in [-0.15, -0.1) is 0 Å². The molecule has 1 saturated heterocycles. The maximum absolute atomic E-state index is 13.9. The Labute approximate surface area is 274 Å². The molecule has 1 atom stereocenters. The van der Waals surface area contributed by atoms with Crippen LogP contribution in [0.15, 0.2) is 52.9 Å². The number of anilines is 1. The van der Waals surface area contributed by atoms with Gasteiger partial charge in [0.05, 0.1) is 23.3 Å². The van der Waals surface area contributed by atoms with Gasteiger partial charge in [0.15, 0.2) is 0 Å². The van der Waals surface area contributed by atoms with Crippen LogP contribution in [0.25, 0.3) is 33.4 Å². The van der Waals surface area contributed by atoms with Crippen LogP contribution in [0, 0.1) is 12.8 Å². The molecule has 0 saturated carbocycles. The highest BCUT2D eigenvalue weighted by Crippen LogP contribution is 2.49. The molecule has 10 nitrogen and oxygen atoms in total. The van der Waals surface area contributed by atoms with Gasteiger partial charge in [0.1, 0.15) is 17.9 Å². The lowest BCUT2D eigenvalue weighted by molar-refractivity contribution is -0.496. The molecular weight excluding hydrogens is 618 g/mol. The highest BCUT2D eigenvalue weighted by Gasteiger charge is 2.41. The largest absolute Gasteiger partial charge is 0.481 e. The minimum Gasteiger partial charge on any atom is -0.481 e. The van der Waals surface area contributed by atoms with Crippen molar-refractivity contribution in [2.75, 3.05) is 37.3 Å². The molecule has 3 N–H and O–H groups in total. The predicted octanol–water partition coefficient (Wildman–Crippen LogP) is 4.04. The highest BCUT2D eigenvalue weighted by molar-refractivity contribution is 7.89. The maximum atomic E-state index is 13.9.